The van der Waals surface area contributed by atoms with Gasteiger partial charge in [-0.15, -0.1) is 0 Å². The summed E-state index contributed by atoms with van der Waals surface area (Å²) in [5.41, 5.74) is 14.1. The first-order valence-corrected chi connectivity index (χ1v) is 10.2. The van der Waals surface area contributed by atoms with Crippen molar-refractivity contribution in [3.8, 4) is 11.3 Å². The van der Waals surface area contributed by atoms with E-state index in [-0.39, 0.29) is 36.2 Å². The Labute approximate surface area is 186 Å². The number of nitrogens with two attached hydrogens (primary N) is 2. The number of aromatic nitrogens is 2. The molecule has 1 amide bonds. The van der Waals surface area contributed by atoms with Gasteiger partial charge >= 0.3 is 0 Å². The molecule has 1 aromatic heterocycles. The highest BCUT2D eigenvalue weighted by molar-refractivity contribution is 5.94. The number of hydrogen-bond donors (Lipinski definition) is 5. The van der Waals surface area contributed by atoms with E-state index in [0.717, 1.165) is 11.1 Å². The first-order valence-electron chi connectivity index (χ1n) is 10.2. The Bertz CT molecular complexity index is 1160. The molecule has 7 N–H and O–H groups in total. The van der Waals surface area contributed by atoms with Gasteiger partial charge in [-0.2, -0.15) is 0 Å². The fraction of sp³-hybridized carbons (Fsp3) is 0.217. The van der Waals surface area contributed by atoms with Crippen molar-refractivity contribution in [1.29, 1.82) is 5.41 Å². The van der Waals surface area contributed by atoms with E-state index in [9.17, 15) is 9.59 Å². The zero-order valence-electron chi connectivity index (χ0n) is 17.9. The molecule has 0 aliphatic rings. The minimum absolute atomic E-state index is 0.0134. The fourth-order valence-corrected chi connectivity index (χ4v) is 3.31. The fourth-order valence-electron chi connectivity index (χ4n) is 3.31. The van der Waals surface area contributed by atoms with Gasteiger partial charge in [-0.1, -0.05) is 54.6 Å². The van der Waals surface area contributed by atoms with Crippen molar-refractivity contribution >= 4 is 17.6 Å². The standard InChI is InChI=1S/C23H27N7O2/c1-15-20(17-5-3-2-4-6-17)30(23(32)22(29-15)27-12-11-24)14-19(31)28-13-16-7-9-18(10-8-16)21(25)26/h2-10H,11-14,24H2,1H3,(H3,25,26)(H,27,29)(H,28,31). The van der Waals surface area contributed by atoms with Crippen molar-refractivity contribution in [3.63, 3.8) is 0 Å². The van der Waals surface area contributed by atoms with Gasteiger partial charge < -0.3 is 22.1 Å². The largest absolute Gasteiger partial charge is 0.384 e. The number of carbonyl (C=O) groups excluding carboxylic acids is 1. The topological polar surface area (TPSA) is 152 Å². The Balaban J connectivity index is 1.86. The second-order valence-corrected chi connectivity index (χ2v) is 7.25. The van der Waals surface area contributed by atoms with E-state index in [4.69, 9.17) is 16.9 Å². The van der Waals surface area contributed by atoms with Crippen LogP contribution in [0.3, 0.4) is 0 Å². The van der Waals surface area contributed by atoms with Gasteiger partial charge in [0.25, 0.3) is 5.56 Å². The van der Waals surface area contributed by atoms with Crippen molar-refractivity contribution in [3.05, 3.63) is 81.8 Å². The molecule has 0 spiro atoms. The number of nitrogens with zero attached hydrogens (tertiary/aromatic N) is 2. The third-order valence-corrected chi connectivity index (χ3v) is 4.88. The Morgan fingerprint density at radius 2 is 1.81 bits per heavy atom. The van der Waals surface area contributed by atoms with Crippen LogP contribution in [0.2, 0.25) is 0 Å². The van der Waals surface area contributed by atoms with Gasteiger partial charge in [-0.05, 0) is 12.5 Å². The van der Waals surface area contributed by atoms with Crippen LogP contribution >= 0.6 is 0 Å². The minimum Gasteiger partial charge on any atom is -0.384 e. The van der Waals surface area contributed by atoms with Crippen LogP contribution in [0, 0.1) is 12.3 Å². The highest BCUT2D eigenvalue weighted by Crippen LogP contribution is 2.21. The highest BCUT2D eigenvalue weighted by Gasteiger charge is 2.18. The van der Waals surface area contributed by atoms with E-state index in [0.29, 0.717) is 30.0 Å². The molecule has 0 radical (unpaired) electrons. The van der Waals surface area contributed by atoms with Gasteiger partial charge in [0.05, 0.1) is 11.4 Å². The summed E-state index contributed by atoms with van der Waals surface area (Å²) in [5.74, 6) is -0.156. The van der Waals surface area contributed by atoms with Crippen molar-refractivity contribution in [2.24, 2.45) is 11.5 Å². The molecule has 32 heavy (non-hydrogen) atoms. The number of benzene rings is 2. The molecule has 0 atom stereocenters. The molecule has 1 heterocycles. The first-order chi connectivity index (χ1) is 15.4. The van der Waals surface area contributed by atoms with Crippen molar-refractivity contribution in [2.45, 2.75) is 20.0 Å². The van der Waals surface area contributed by atoms with Gasteiger partial charge in [-0.3, -0.25) is 19.6 Å². The van der Waals surface area contributed by atoms with E-state index in [1.807, 2.05) is 30.3 Å². The van der Waals surface area contributed by atoms with Crippen LogP contribution in [0.15, 0.2) is 59.4 Å². The number of amidine groups is 1. The lowest BCUT2D eigenvalue weighted by atomic mass is 10.1. The van der Waals surface area contributed by atoms with Crippen molar-refractivity contribution in [1.82, 2.24) is 14.9 Å². The van der Waals surface area contributed by atoms with Gasteiger partial charge in [-0.25, -0.2) is 4.98 Å². The van der Waals surface area contributed by atoms with Gasteiger partial charge in [0.1, 0.15) is 12.4 Å². The van der Waals surface area contributed by atoms with Crippen LogP contribution in [0.25, 0.3) is 11.3 Å². The molecule has 9 nitrogen and oxygen atoms in total. The number of anilines is 1. The molecule has 0 saturated heterocycles. The summed E-state index contributed by atoms with van der Waals surface area (Å²) in [6, 6.07) is 16.4. The van der Waals surface area contributed by atoms with E-state index in [1.165, 1.54) is 4.57 Å². The Kier molecular flexibility index (Phi) is 7.35. The molecule has 0 aliphatic heterocycles. The number of aryl methyl sites for hydroxylation is 1. The summed E-state index contributed by atoms with van der Waals surface area (Å²) in [6.07, 6.45) is 0. The predicted octanol–water partition coefficient (Wildman–Crippen LogP) is 1.19. The molecule has 0 saturated carbocycles. The second-order valence-electron chi connectivity index (χ2n) is 7.25. The second kappa shape index (κ2) is 10.4. The normalized spacial score (nSPS) is 10.6. The van der Waals surface area contributed by atoms with Crippen molar-refractivity contribution in [2.75, 3.05) is 18.4 Å². The van der Waals surface area contributed by atoms with Crippen LogP contribution in [0.5, 0.6) is 0 Å². The summed E-state index contributed by atoms with van der Waals surface area (Å²) in [7, 11) is 0. The van der Waals surface area contributed by atoms with Gasteiger partial charge in [0, 0.05) is 30.8 Å². The number of carbonyl (C=O) groups is 1. The lowest BCUT2D eigenvalue weighted by Gasteiger charge is -2.17. The summed E-state index contributed by atoms with van der Waals surface area (Å²) in [5, 5.41) is 13.2. The number of amides is 1. The summed E-state index contributed by atoms with van der Waals surface area (Å²) in [6.45, 7) is 2.68. The third kappa shape index (κ3) is 5.38. The molecule has 3 aromatic rings. The van der Waals surface area contributed by atoms with E-state index in [2.05, 4.69) is 15.6 Å². The average molecular weight is 434 g/mol. The summed E-state index contributed by atoms with van der Waals surface area (Å²) >= 11 is 0. The molecular formula is C23H27N7O2. The van der Waals surface area contributed by atoms with Crippen molar-refractivity contribution < 1.29 is 4.79 Å². The quantitative estimate of drug-likeness (QED) is 0.252. The zero-order valence-corrected chi connectivity index (χ0v) is 17.9. The van der Waals surface area contributed by atoms with Crippen LogP contribution < -0.4 is 27.7 Å². The van der Waals surface area contributed by atoms with Crippen LogP contribution in [0.4, 0.5) is 5.82 Å². The predicted molar refractivity (Wildman–Crippen MR) is 126 cm³/mol. The molecule has 3 rings (SSSR count). The number of nitrogen functional groups attached to an aromatic ring is 1. The molecule has 0 aliphatic carbocycles. The van der Waals surface area contributed by atoms with E-state index >= 15 is 0 Å². The van der Waals surface area contributed by atoms with Gasteiger partial charge in [0.2, 0.25) is 5.91 Å². The SMILES string of the molecule is Cc1nc(NCCN)c(=O)n(CC(=O)NCc2ccc(C(=N)N)cc2)c1-c1ccccc1. The van der Waals surface area contributed by atoms with Crippen LogP contribution in [-0.4, -0.2) is 34.4 Å². The zero-order chi connectivity index (χ0) is 23.1. The van der Waals surface area contributed by atoms with Gasteiger partial charge in [0.15, 0.2) is 5.82 Å². The first kappa shape index (κ1) is 22.7. The molecule has 9 heteroatoms. The summed E-state index contributed by atoms with van der Waals surface area (Å²) < 4.78 is 1.44. The lowest BCUT2D eigenvalue weighted by Crippen LogP contribution is -2.35. The highest BCUT2D eigenvalue weighted by atomic mass is 16.2. The third-order valence-electron chi connectivity index (χ3n) is 4.88. The Morgan fingerprint density at radius 1 is 1.12 bits per heavy atom. The minimum atomic E-state index is -0.385. The molecular weight excluding hydrogens is 406 g/mol. The smallest absolute Gasteiger partial charge is 0.294 e. The number of rotatable bonds is 9. The molecule has 0 bridgehead atoms. The monoisotopic (exact) mass is 433 g/mol. The van der Waals surface area contributed by atoms with E-state index in [1.54, 1.807) is 31.2 Å². The lowest BCUT2D eigenvalue weighted by molar-refractivity contribution is -0.121. The van der Waals surface area contributed by atoms with Crippen LogP contribution in [0.1, 0.15) is 16.8 Å². The Hall–Kier alpha value is -3.98. The van der Waals surface area contributed by atoms with Crippen LogP contribution in [-0.2, 0) is 17.9 Å². The number of nitrogens with one attached hydrogen (secondary N) is 3. The molecule has 0 unspecified atom stereocenters. The van der Waals surface area contributed by atoms with E-state index < -0.39 is 0 Å². The maximum Gasteiger partial charge on any atom is 0.294 e. The number of hydrogen-bond acceptors (Lipinski definition) is 6. The Morgan fingerprint density at radius 3 is 2.44 bits per heavy atom. The molecule has 0 fully saturated rings. The average Bonchev–Trinajstić information content (AvgIpc) is 2.80. The summed E-state index contributed by atoms with van der Waals surface area (Å²) in [4.78, 5) is 30.3. The molecule has 166 valence electrons. The molecule has 2 aromatic carbocycles. The maximum atomic E-state index is 13.1. The maximum absolute atomic E-state index is 13.1.